The maximum atomic E-state index is 12.6. The largest absolute Gasteiger partial charge is 0.316 e. The monoisotopic (exact) mass is 301 g/mol. The van der Waals surface area contributed by atoms with Crippen molar-refractivity contribution in [2.24, 2.45) is 5.41 Å². The minimum atomic E-state index is -0.175. The molecule has 1 fully saturated rings. The Bertz CT molecular complexity index is 382. The Labute approximate surface area is 109 Å². The van der Waals surface area contributed by atoms with Crippen LogP contribution in [0.4, 0.5) is 0 Å². The number of Topliss-reactive ketones (excluding diaryl/α,β-unsaturated/α-hetero) is 1. The van der Waals surface area contributed by atoms with E-state index in [0.717, 1.165) is 41.7 Å². The van der Waals surface area contributed by atoms with Gasteiger partial charge in [0.15, 0.2) is 5.78 Å². The van der Waals surface area contributed by atoms with Crippen LogP contribution in [0, 0.1) is 5.41 Å². The first-order valence-electron chi connectivity index (χ1n) is 5.68. The molecule has 1 atom stereocenters. The normalized spacial score (nSPS) is 25.6. The second kappa shape index (κ2) is 4.98. The summed E-state index contributed by atoms with van der Waals surface area (Å²) in [7, 11) is 0. The van der Waals surface area contributed by atoms with Gasteiger partial charge >= 0.3 is 0 Å². The van der Waals surface area contributed by atoms with Crippen molar-refractivity contribution >= 4 is 33.0 Å². The SMILES string of the molecule is CCC1(C(=O)c2sccc2Br)CCCNC1. The Kier molecular flexibility index (Phi) is 3.82. The maximum absolute atomic E-state index is 12.6. The molecule has 4 heteroatoms. The van der Waals surface area contributed by atoms with E-state index in [0.29, 0.717) is 5.78 Å². The van der Waals surface area contributed by atoms with Crippen LogP contribution in [0.2, 0.25) is 0 Å². The number of ketones is 1. The summed E-state index contributed by atoms with van der Waals surface area (Å²) in [6, 6.07) is 1.96. The van der Waals surface area contributed by atoms with Crippen molar-refractivity contribution in [2.45, 2.75) is 26.2 Å². The van der Waals surface area contributed by atoms with Crippen LogP contribution >= 0.6 is 27.3 Å². The number of hydrogen-bond donors (Lipinski definition) is 1. The molecule has 16 heavy (non-hydrogen) atoms. The van der Waals surface area contributed by atoms with E-state index in [1.54, 1.807) is 11.3 Å². The Morgan fingerprint density at radius 2 is 2.50 bits per heavy atom. The smallest absolute Gasteiger partial charge is 0.181 e. The summed E-state index contributed by atoms with van der Waals surface area (Å²) >= 11 is 5.00. The highest BCUT2D eigenvalue weighted by atomic mass is 79.9. The topological polar surface area (TPSA) is 29.1 Å². The first-order chi connectivity index (χ1) is 7.69. The highest BCUT2D eigenvalue weighted by Gasteiger charge is 2.39. The molecule has 1 aliphatic heterocycles. The Morgan fingerprint density at radius 3 is 3.00 bits per heavy atom. The van der Waals surface area contributed by atoms with Gasteiger partial charge in [-0.1, -0.05) is 6.92 Å². The molecule has 0 radical (unpaired) electrons. The molecule has 0 aliphatic carbocycles. The number of nitrogens with one attached hydrogen (secondary N) is 1. The molecule has 1 aliphatic rings. The quantitative estimate of drug-likeness (QED) is 0.866. The summed E-state index contributed by atoms with van der Waals surface area (Å²) in [6.07, 6.45) is 3.03. The third kappa shape index (κ3) is 2.11. The van der Waals surface area contributed by atoms with Gasteiger partial charge in [-0.2, -0.15) is 0 Å². The molecule has 0 saturated carbocycles. The molecule has 1 saturated heterocycles. The average molecular weight is 302 g/mol. The van der Waals surface area contributed by atoms with Gasteiger partial charge in [-0.25, -0.2) is 0 Å². The van der Waals surface area contributed by atoms with Gasteiger partial charge < -0.3 is 5.32 Å². The van der Waals surface area contributed by atoms with E-state index in [9.17, 15) is 4.79 Å². The van der Waals surface area contributed by atoms with Crippen molar-refractivity contribution in [2.75, 3.05) is 13.1 Å². The van der Waals surface area contributed by atoms with Crippen molar-refractivity contribution in [1.29, 1.82) is 0 Å². The van der Waals surface area contributed by atoms with E-state index < -0.39 is 0 Å². The molecule has 88 valence electrons. The van der Waals surface area contributed by atoms with Crippen LogP contribution in [0.15, 0.2) is 15.9 Å². The zero-order chi connectivity index (χ0) is 11.6. The van der Waals surface area contributed by atoms with E-state index in [2.05, 4.69) is 28.2 Å². The number of carbonyl (C=O) groups is 1. The Hall–Kier alpha value is -0.190. The van der Waals surface area contributed by atoms with Crippen LogP contribution in [-0.2, 0) is 0 Å². The second-order valence-electron chi connectivity index (χ2n) is 4.34. The fraction of sp³-hybridized carbons (Fsp3) is 0.583. The molecule has 2 nitrogen and oxygen atoms in total. The van der Waals surface area contributed by atoms with Crippen LogP contribution in [-0.4, -0.2) is 18.9 Å². The summed E-state index contributed by atoms with van der Waals surface area (Å²) in [5, 5.41) is 5.33. The molecule has 1 unspecified atom stereocenters. The molecule has 2 heterocycles. The van der Waals surface area contributed by atoms with Gasteiger partial charge in [0.2, 0.25) is 0 Å². The average Bonchev–Trinajstić information content (AvgIpc) is 2.75. The van der Waals surface area contributed by atoms with Gasteiger partial charge in [0, 0.05) is 16.4 Å². The predicted molar refractivity (Wildman–Crippen MR) is 71.2 cm³/mol. The minimum Gasteiger partial charge on any atom is -0.316 e. The van der Waals surface area contributed by atoms with E-state index >= 15 is 0 Å². The lowest BCUT2D eigenvalue weighted by Gasteiger charge is -2.35. The van der Waals surface area contributed by atoms with Crippen molar-refractivity contribution in [3.63, 3.8) is 0 Å². The molecule has 1 N–H and O–H groups in total. The third-order valence-electron chi connectivity index (χ3n) is 3.45. The molecule has 0 spiro atoms. The Morgan fingerprint density at radius 1 is 1.69 bits per heavy atom. The first-order valence-corrected chi connectivity index (χ1v) is 7.35. The van der Waals surface area contributed by atoms with Crippen molar-refractivity contribution in [3.05, 3.63) is 20.8 Å². The Balaban J connectivity index is 2.28. The lowest BCUT2D eigenvalue weighted by molar-refractivity contribution is 0.0734. The van der Waals surface area contributed by atoms with E-state index in [1.165, 1.54) is 0 Å². The lowest BCUT2D eigenvalue weighted by Crippen LogP contribution is -2.45. The van der Waals surface area contributed by atoms with Crippen LogP contribution in [0.1, 0.15) is 35.9 Å². The van der Waals surface area contributed by atoms with Crippen LogP contribution in [0.3, 0.4) is 0 Å². The summed E-state index contributed by atoms with van der Waals surface area (Å²) in [5.41, 5.74) is -0.175. The van der Waals surface area contributed by atoms with Crippen LogP contribution in [0.5, 0.6) is 0 Å². The molecule has 1 aromatic heterocycles. The lowest BCUT2D eigenvalue weighted by atomic mass is 9.74. The molecule has 0 aromatic carbocycles. The molecular weight excluding hydrogens is 286 g/mol. The van der Waals surface area contributed by atoms with Crippen LogP contribution < -0.4 is 5.32 Å². The fourth-order valence-electron chi connectivity index (χ4n) is 2.32. The van der Waals surface area contributed by atoms with E-state index in [4.69, 9.17) is 0 Å². The standard InChI is InChI=1S/C12H16BrNOS/c1-2-12(5-3-6-14-8-12)11(15)10-9(13)4-7-16-10/h4,7,14H,2-3,5-6,8H2,1H3. The zero-order valence-electron chi connectivity index (χ0n) is 9.38. The second-order valence-corrected chi connectivity index (χ2v) is 6.11. The molecule has 1 aromatic rings. The minimum absolute atomic E-state index is 0.175. The highest BCUT2D eigenvalue weighted by molar-refractivity contribution is 9.10. The van der Waals surface area contributed by atoms with E-state index in [1.807, 2.05) is 11.4 Å². The molecular formula is C12H16BrNOS. The summed E-state index contributed by atoms with van der Waals surface area (Å²) < 4.78 is 0.945. The third-order valence-corrected chi connectivity index (χ3v) is 5.29. The van der Waals surface area contributed by atoms with E-state index in [-0.39, 0.29) is 5.41 Å². The predicted octanol–water partition coefficient (Wildman–Crippen LogP) is 3.47. The van der Waals surface area contributed by atoms with Crippen molar-refractivity contribution in [1.82, 2.24) is 5.32 Å². The number of piperidine rings is 1. The number of rotatable bonds is 3. The van der Waals surface area contributed by atoms with Crippen molar-refractivity contribution in [3.8, 4) is 0 Å². The zero-order valence-corrected chi connectivity index (χ0v) is 11.8. The van der Waals surface area contributed by atoms with Gasteiger partial charge in [-0.3, -0.25) is 4.79 Å². The van der Waals surface area contributed by atoms with Crippen molar-refractivity contribution < 1.29 is 4.79 Å². The summed E-state index contributed by atoms with van der Waals surface area (Å²) in [5.74, 6) is 0.309. The molecule has 0 amide bonds. The highest BCUT2D eigenvalue weighted by Crippen LogP contribution is 2.37. The summed E-state index contributed by atoms with van der Waals surface area (Å²) in [6.45, 7) is 3.99. The van der Waals surface area contributed by atoms with Gasteiger partial charge in [0.25, 0.3) is 0 Å². The van der Waals surface area contributed by atoms with Gasteiger partial charge in [-0.05, 0) is 53.2 Å². The number of halogens is 1. The maximum Gasteiger partial charge on any atom is 0.181 e. The van der Waals surface area contributed by atoms with Crippen LogP contribution in [0.25, 0.3) is 0 Å². The number of carbonyl (C=O) groups excluding carboxylic acids is 1. The number of hydrogen-bond acceptors (Lipinski definition) is 3. The van der Waals surface area contributed by atoms with Gasteiger partial charge in [0.05, 0.1) is 4.88 Å². The summed E-state index contributed by atoms with van der Waals surface area (Å²) in [4.78, 5) is 13.5. The fourth-order valence-corrected chi connectivity index (χ4v) is 3.93. The number of thiophene rings is 1. The van der Waals surface area contributed by atoms with Gasteiger partial charge in [-0.15, -0.1) is 11.3 Å². The molecule has 2 rings (SSSR count). The molecule has 0 bridgehead atoms. The van der Waals surface area contributed by atoms with Gasteiger partial charge in [0.1, 0.15) is 0 Å². The first kappa shape index (κ1) is 12.3.